The molecule has 1 aliphatic heterocycles. The van der Waals surface area contributed by atoms with Gasteiger partial charge in [0.25, 0.3) is 0 Å². The van der Waals surface area contributed by atoms with Gasteiger partial charge in [-0.1, -0.05) is 32.0 Å². The third kappa shape index (κ3) is 2.81. The summed E-state index contributed by atoms with van der Waals surface area (Å²) >= 11 is 0. The summed E-state index contributed by atoms with van der Waals surface area (Å²) in [5, 5.41) is 2.96. The fourth-order valence-corrected chi connectivity index (χ4v) is 3.86. The van der Waals surface area contributed by atoms with Gasteiger partial charge in [0, 0.05) is 5.92 Å². The molecule has 1 amide bonds. The SMILES string of the molecule is CCC(C)C(=O)NC1CCS(=O)(=O)c2ccccc21. The van der Waals surface area contributed by atoms with Crippen LogP contribution in [-0.4, -0.2) is 20.1 Å². The van der Waals surface area contributed by atoms with Crippen molar-refractivity contribution in [1.82, 2.24) is 5.32 Å². The molecule has 1 heterocycles. The van der Waals surface area contributed by atoms with Crippen molar-refractivity contribution in [2.24, 2.45) is 5.92 Å². The van der Waals surface area contributed by atoms with Crippen molar-refractivity contribution in [3.63, 3.8) is 0 Å². The van der Waals surface area contributed by atoms with Crippen molar-refractivity contribution in [2.45, 2.75) is 37.6 Å². The lowest BCUT2D eigenvalue weighted by atomic mass is 10.0. The maximum Gasteiger partial charge on any atom is 0.223 e. The van der Waals surface area contributed by atoms with Crippen LogP contribution in [0.15, 0.2) is 29.2 Å². The largest absolute Gasteiger partial charge is 0.349 e. The number of carbonyl (C=O) groups excluding carboxylic acids is 1. The summed E-state index contributed by atoms with van der Waals surface area (Å²) in [4.78, 5) is 12.3. The number of rotatable bonds is 3. The van der Waals surface area contributed by atoms with Crippen LogP contribution in [-0.2, 0) is 14.6 Å². The van der Waals surface area contributed by atoms with Crippen molar-refractivity contribution >= 4 is 15.7 Å². The molecule has 0 aliphatic carbocycles. The van der Waals surface area contributed by atoms with Crippen LogP contribution in [0.2, 0.25) is 0 Å². The first-order chi connectivity index (χ1) is 8.95. The quantitative estimate of drug-likeness (QED) is 0.922. The van der Waals surface area contributed by atoms with E-state index in [1.54, 1.807) is 18.2 Å². The van der Waals surface area contributed by atoms with E-state index in [0.717, 1.165) is 6.42 Å². The molecule has 5 heteroatoms. The highest BCUT2D eigenvalue weighted by Crippen LogP contribution is 2.32. The van der Waals surface area contributed by atoms with Gasteiger partial charge >= 0.3 is 0 Å². The van der Waals surface area contributed by atoms with E-state index in [1.165, 1.54) is 0 Å². The van der Waals surface area contributed by atoms with Gasteiger partial charge in [-0.05, 0) is 24.5 Å². The Bertz CT molecular complexity index is 580. The lowest BCUT2D eigenvalue weighted by Crippen LogP contribution is -2.36. The zero-order chi connectivity index (χ0) is 14.0. The Hall–Kier alpha value is -1.36. The first kappa shape index (κ1) is 14.1. The van der Waals surface area contributed by atoms with Crippen LogP contribution in [0.25, 0.3) is 0 Å². The van der Waals surface area contributed by atoms with E-state index in [2.05, 4.69) is 5.32 Å². The Morgan fingerprint density at radius 3 is 2.79 bits per heavy atom. The molecule has 19 heavy (non-hydrogen) atoms. The minimum atomic E-state index is -3.19. The first-order valence-corrected chi connectivity index (χ1v) is 8.23. The van der Waals surface area contributed by atoms with Crippen molar-refractivity contribution in [2.75, 3.05) is 5.75 Å². The highest BCUT2D eigenvalue weighted by atomic mass is 32.2. The van der Waals surface area contributed by atoms with Crippen molar-refractivity contribution in [3.05, 3.63) is 29.8 Å². The van der Waals surface area contributed by atoms with E-state index >= 15 is 0 Å². The summed E-state index contributed by atoms with van der Waals surface area (Å²) < 4.78 is 24.0. The standard InChI is InChI=1S/C14H19NO3S/c1-3-10(2)14(16)15-12-8-9-19(17,18)13-7-5-4-6-11(12)13/h4-7,10,12H,3,8-9H2,1-2H3,(H,15,16). The first-order valence-electron chi connectivity index (χ1n) is 6.57. The molecule has 104 valence electrons. The molecule has 2 atom stereocenters. The Morgan fingerprint density at radius 2 is 2.11 bits per heavy atom. The highest BCUT2D eigenvalue weighted by Gasteiger charge is 2.31. The minimum Gasteiger partial charge on any atom is -0.349 e. The Kier molecular flexibility index (Phi) is 3.94. The second-order valence-electron chi connectivity index (χ2n) is 5.02. The lowest BCUT2D eigenvalue weighted by molar-refractivity contribution is -0.125. The maximum atomic E-state index is 12.0. The van der Waals surface area contributed by atoms with Crippen LogP contribution in [0, 0.1) is 5.92 Å². The molecule has 0 fully saturated rings. The summed E-state index contributed by atoms with van der Waals surface area (Å²) in [6, 6.07) is 6.73. The van der Waals surface area contributed by atoms with E-state index in [0.29, 0.717) is 16.9 Å². The fourth-order valence-electron chi connectivity index (χ4n) is 2.24. The molecule has 0 bridgehead atoms. The molecule has 0 spiro atoms. The Labute approximate surface area is 114 Å². The number of hydrogen-bond donors (Lipinski definition) is 1. The predicted octanol–water partition coefficient (Wildman–Crippen LogP) is 2.07. The Balaban J connectivity index is 2.28. The van der Waals surface area contributed by atoms with Gasteiger partial charge in [-0.3, -0.25) is 4.79 Å². The molecule has 1 N–H and O–H groups in total. The Morgan fingerprint density at radius 1 is 1.42 bits per heavy atom. The number of benzene rings is 1. The number of fused-ring (bicyclic) bond motifs is 1. The van der Waals surface area contributed by atoms with Crippen molar-refractivity contribution in [1.29, 1.82) is 0 Å². The second-order valence-corrected chi connectivity index (χ2v) is 7.09. The molecule has 2 rings (SSSR count). The molecule has 2 unspecified atom stereocenters. The van der Waals surface area contributed by atoms with Crippen LogP contribution in [0.5, 0.6) is 0 Å². The highest BCUT2D eigenvalue weighted by molar-refractivity contribution is 7.91. The molecular weight excluding hydrogens is 262 g/mol. The molecule has 1 aromatic carbocycles. The van der Waals surface area contributed by atoms with Gasteiger partial charge < -0.3 is 5.32 Å². The van der Waals surface area contributed by atoms with Gasteiger partial charge in [-0.2, -0.15) is 0 Å². The van der Waals surface area contributed by atoms with Gasteiger partial charge in [0.1, 0.15) is 0 Å². The molecular formula is C14H19NO3S. The summed E-state index contributed by atoms with van der Waals surface area (Å²) in [7, 11) is -3.19. The molecule has 0 saturated carbocycles. The topological polar surface area (TPSA) is 63.2 Å². The van der Waals surface area contributed by atoms with Gasteiger partial charge in [0.05, 0.1) is 16.7 Å². The van der Waals surface area contributed by atoms with Crippen LogP contribution >= 0.6 is 0 Å². The fraction of sp³-hybridized carbons (Fsp3) is 0.500. The third-order valence-electron chi connectivity index (χ3n) is 3.68. The van der Waals surface area contributed by atoms with Crippen molar-refractivity contribution in [3.8, 4) is 0 Å². The zero-order valence-electron chi connectivity index (χ0n) is 11.2. The number of hydrogen-bond acceptors (Lipinski definition) is 3. The van der Waals surface area contributed by atoms with Crippen LogP contribution in [0.3, 0.4) is 0 Å². The molecule has 4 nitrogen and oxygen atoms in total. The summed E-state index contributed by atoms with van der Waals surface area (Å²) in [5.41, 5.74) is 0.713. The summed E-state index contributed by atoms with van der Waals surface area (Å²) in [5.74, 6) is 0.0300. The average molecular weight is 281 g/mol. The van der Waals surface area contributed by atoms with Gasteiger partial charge in [-0.25, -0.2) is 8.42 Å². The van der Waals surface area contributed by atoms with E-state index in [4.69, 9.17) is 0 Å². The van der Waals surface area contributed by atoms with Crippen LogP contribution < -0.4 is 5.32 Å². The van der Waals surface area contributed by atoms with E-state index < -0.39 is 9.84 Å². The van der Waals surface area contributed by atoms with Gasteiger partial charge in [-0.15, -0.1) is 0 Å². The normalized spacial score (nSPS) is 22.3. The average Bonchev–Trinajstić information content (AvgIpc) is 2.41. The molecule has 1 aromatic rings. The maximum absolute atomic E-state index is 12.0. The predicted molar refractivity (Wildman–Crippen MR) is 73.5 cm³/mol. The van der Waals surface area contributed by atoms with Crippen LogP contribution in [0.1, 0.15) is 38.3 Å². The van der Waals surface area contributed by atoms with Crippen LogP contribution in [0.4, 0.5) is 0 Å². The number of amides is 1. The van der Waals surface area contributed by atoms with Gasteiger partial charge in [0.2, 0.25) is 5.91 Å². The molecule has 0 aromatic heterocycles. The number of carbonyl (C=O) groups is 1. The number of sulfone groups is 1. The van der Waals surface area contributed by atoms with Crippen molar-refractivity contribution < 1.29 is 13.2 Å². The summed E-state index contributed by atoms with van der Waals surface area (Å²) in [6.07, 6.45) is 1.22. The zero-order valence-corrected chi connectivity index (χ0v) is 12.0. The van der Waals surface area contributed by atoms with E-state index in [9.17, 15) is 13.2 Å². The van der Waals surface area contributed by atoms with Gasteiger partial charge in [0.15, 0.2) is 9.84 Å². The monoisotopic (exact) mass is 281 g/mol. The second kappa shape index (κ2) is 5.33. The molecule has 0 saturated heterocycles. The molecule has 1 aliphatic rings. The van der Waals surface area contributed by atoms with E-state index in [1.807, 2.05) is 19.9 Å². The summed E-state index contributed by atoms with van der Waals surface area (Å²) in [6.45, 7) is 3.84. The van der Waals surface area contributed by atoms with E-state index in [-0.39, 0.29) is 23.6 Å². The molecule has 0 radical (unpaired) electrons. The number of nitrogens with one attached hydrogen (secondary N) is 1. The minimum absolute atomic E-state index is 0.0124. The lowest BCUT2D eigenvalue weighted by Gasteiger charge is -2.27. The third-order valence-corrected chi connectivity index (χ3v) is 5.50. The smallest absolute Gasteiger partial charge is 0.223 e.